The van der Waals surface area contributed by atoms with Crippen molar-refractivity contribution < 1.29 is 4.39 Å². The molecule has 8 nitrogen and oxygen atoms in total. The van der Waals surface area contributed by atoms with Crippen molar-refractivity contribution in [3.8, 4) is 16.9 Å². The molecule has 37 heavy (non-hydrogen) atoms. The number of pyridine rings is 1. The molecule has 3 fully saturated rings. The van der Waals surface area contributed by atoms with Crippen LogP contribution in [-0.4, -0.2) is 58.0 Å². The van der Waals surface area contributed by atoms with Crippen molar-refractivity contribution in [2.75, 3.05) is 37.8 Å². The summed E-state index contributed by atoms with van der Waals surface area (Å²) in [5.74, 6) is 0.609. The summed E-state index contributed by atoms with van der Waals surface area (Å²) in [5, 5.41) is 23.4. The van der Waals surface area contributed by atoms with Crippen LogP contribution in [0, 0.1) is 11.3 Å². The van der Waals surface area contributed by atoms with E-state index in [1.807, 2.05) is 10.6 Å². The number of halogens is 2. The minimum Gasteiger partial charge on any atom is -0.367 e. The fraction of sp³-hybridized carbons (Fsp3) is 0.600. The van der Waals surface area contributed by atoms with Crippen molar-refractivity contribution in [1.29, 1.82) is 5.26 Å². The summed E-state index contributed by atoms with van der Waals surface area (Å²) >= 11 is 9.53. The summed E-state index contributed by atoms with van der Waals surface area (Å²) in [6.45, 7) is 7.48. The van der Waals surface area contributed by atoms with E-state index in [1.165, 1.54) is 36.1 Å². The Hall–Kier alpha value is -1.97. The van der Waals surface area contributed by atoms with Gasteiger partial charge in [-0.2, -0.15) is 5.26 Å². The third kappa shape index (κ3) is 5.45. The van der Waals surface area contributed by atoms with Gasteiger partial charge in [-0.3, -0.25) is 9.12 Å². The molecule has 2 saturated carbocycles. The van der Waals surface area contributed by atoms with Crippen LogP contribution in [-0.2, 0) is 5.41 Å². The fourth-order valence-corrected chi connectivity index (χ4v) is 6.28. The van der Waals surface area contributed by atoms with E-state index in [2.05, 4.69) is 56.1 Å². The van der Waals surface area contributed by atoms with Gasteiger partial charge in [-0.15, -0.1) is 10.2 Å². The average molecular weight is 563 g/mol. The van der Waals surface area contributed by atoms with Crippen LogP contribution in [0.1, 0.15) is 57.4 Å². The van der Waals surface area contributed by atoms with Crippen molar-refractivity contribution >= 4 is 46.1 Å². The standard InChI is InChI=1S/C21H22ClFN8S2.C4H10/c22-16-15-14(30-7-5-25-6-8-30)9-13(33-29-21(11-23)3-4-21)10-31(15)17(26-16)18-27-28-19(32-18)20(12-24)1-2-20;1-3-4-2/h9-10,25,29H,1-8,11H2;3-4H2,1-2H3. The maximum absolute atomic E-state index is 13.4. The number of fused-ring (bicyclic) bond motifs is 1. The largest absolute Gasteiger partial charge is 0.367 e. The second kappa shape index (κ2) is 11.0. The molecule has 3 aromatic heterocycles. The quantitative estimate of drug-likeness (QED) is 0.354. The van der Waals surface area contributed by atoms with Crippen molar-refractivity contribution in [2.45, 2.75) is 68.2 Å². The molecule has 0 bridgehead atoms. The predicted molar refractivity (Wildman–Crippen MR) is 148 cm³/mol. The molecule has 0 unspecified atom stereocenters. The Morgan fingerprint density at radius 2 is 1.95 bits per heavy atom. The first kappa shape index (κ1) is 26.6. The normalized spacial score (nSPS) is 19.3. The second-order valence-corrected chi connectivity index (χ2v) is 12.2. The Labute approximate surface area is 230 Å². The van der Waals surface area contributed by atoms with Crippen molar-refractivity contribution in [2.24, 2.45) is 0 Å². The summed E-state index contributed by atoms with van der Waals surface area (Å²) in [6, 6.07) is 4.48. The highest BCUT2D eigenvalue weighted by Crippen LogP contribution is 2.49. The van der Waals surface area contributed by atoms with Crippen LogP contribution in [0.4, 0.5) is 10.1 Å². The molecule has 2 N–H and O–H groups in total. The van der Waals surface area contributed by atoms with Gasteiger partial charge in [0.25, 0.3) is 0 Å². The van der Waals surface area contributed by atoms with Crippen LogP contribution < -0.4 is 14.9 Å². The molecule has 3 aromatic rings. The van der Waals surface area contributed by atoms with E-state index in [0.29, 0.717) is 16.0 Å². The lowest BCUT2D eigenvalue weighted by molar-refractivity contribution is 0.402. The van der Waals surface area contributed by atoms with Crippen LogP contribution in [0.3, 0.4) is 0 Å². The number of anilines is 1. The van der Waals surface area contributed by atoms with E-state index in [9.17, 15) is 9.65 Å². The molecule has 1 aliphatic heterocycles. The Kier molecular flexibility index (Phi) is 7.93. The van der Waals surface area contributed by atoms with E-state index in [4.69, 9.17) is 11.6 Å². The first-order valence-electron chi connectivity index (χ1n) is 12.9. The Morgan fingerprint density at radius 1 is 1.22 bits per heavy atom. The van der Waals surface area contributed by atoms with Crippen molar-refractivity contribution in [3.63, 3.8) is 0 Å². The average Bonchev–Trinajstić information content (AvgIpc) is 3.84. The number of aromatic nitrogens is 4. The number of piperazine rings is 1. The van der Waals surface area contributed by atoms with Crippen molar-refractivity contribution in [1.82, 2.24) is 29.6 Å². The van der Waals surface area contributed by atoms with E-state index in [1.54, 1.807) is 0 Å². The minimum atomic E-state index is -0.491. The van der Waals surface area contributed by atoms with Crippen LogP contribution >= 0.6 is 34.9 Å². The van der Waals surface area contributed by atoms with Crippen LogP contribution in [0.2, 0.25) is 5.15 Å². The number of nitriles is 1. The van der Waals surface area contributed by atoms with Gasteiger partial charge in [0.1, 0.15) is 22.6 Å². The van der Waals surface area contributed by atoms with Gasteiger partial charge in [-0.1, -0.05) is 49.6 Å². The molecule has 0 spiro atoms. The van der Waals surface area contributed by atoms with Gasteiger partial charge in [-0.05, 0) is 43.7 Å². The summed E-state index contributed by atoms with van der Waals surface area (Å²) < 4.78 is 18.7. The lowest BCUT2D eigenvalue weighted by atomic mass is 10.1. The third-order valence-corrected chi connectivity index (χ3v) is 9.47. The summed E-state index contributed by atoms with van der Waals surface area (Å²) in [4.78, 5) is 7.91. The van der Waals surface area contributed by atoms with Gasteiger partial charge in [0.2, 0.25) is 0 Å². The van der Waals surface area contributed by atoms with Crippen molar-refractivity contribution in [3.05, 3.63) is 22.4 Å². The van der Waals surface area contributed by atoms with E-state index in [0.717, 1.165) is 73.0 Å². The van der Waals surface area contributed by atoms with E-state index < -0.39 is 11.0 Å². The van der Waals surface area contributed by atoms with Gasteiger partial charge in [0, 0.05) is 37.3 Å². The number of nitrogens with zero attached hydrogens (tertiary/aromatic N) is 6. The highest BCUT2D eigenvalue weighted by molar-refractivity contribution is 7.97. The number of hydrogen-bond donors (Lipinski definition) is 2. The molecule has 0 radical (unpaired) electrons. The first-order valence-corrected chi connectivity index (χ1v) is 14.9. The lowest BCUT2D eigenvalue weighted by Crippen LogP contribution is -2.43. The Morgan fingerprint density at radius 3 is 2.54 bits per heavy atom. The molecule has 198 valence electrons. The number of unbranched alkanes of at least 4 members (excludes halogenated alkanes) is 1. The maximum Gasteiger partial charge on any atom is 0.184 e. The highest BCUT2D eigenvalue weighted by atomic mass is 35.5. The smallest absolute Gasteiger partial charge is 0.184 e. The number of rotatable bonds is 8. The first-order chi connectivity index (χ1) is 18.0. The third-order valence-electron chi connectivity index (χ3n) is 7.09. The lowest BCUT2D eigenvalue weighted by Gasteiger charge is -2.30. The molecule has 0 amide bonds. The van der Waals surface area contributed by atoms with Gasteiger partial charge >= 0.3 is 0 Å². The molecule has 3 aliphatic rings. The predicted octanol–water partition coefficient (Wildman–Crippen LogP) is 5.38. The SMILES string of the molecule is CCCC.N#CC1(c2nnc(-c3nc(Cl)c4c(N5CCNCC5)cc(SNC5(CF)CC5)cn34)s2)CC1. The number of alkyl halides is 1. The van der Waals surface area contributed by atoms with Crippen LogP contribution in [0.25, 0.3) is 16.3 Å². The van der Waals surface area contributed by atoms with Gasteiger partial charge in [0.05, 0.1) is 17.3 Å². The van der Waals surface area contributed by atoms with Gasteiger partial charge in [-0.25, -0.2) is 9.37 Å². The summed E-state index contributed by atoms with van der Waals surface area (Å²) in [6.07, 6.45) is 7.94. The number of nitrogens with one attached hydrogen (secondary N) is 2. The number of hydrogen-bond acceptors (Lipinski definition) is 9. The second-order valence-electron chi connectivity index (χ2n) is 9.97. The zero-order valence-electron chi connectivity index (χ0n) is 21.2. The molecular weight excluding hydrogens is 531 g/mol. The Bertz CT molecular complexity index is 1290. The Balaban J connectivity index is 0.000000655. The molecule has 2 aliphatic carbocycles. The molecule has 0 aromatic carbocycles. The molecule has 1 saturated heterocycles. The summed E-state index contributed by atoms with van der Waals surface area (Å²) in [5.41, 5.74) is 0.920. The summed E-state index contributed by atoms with van der Waals surface area (Å²) in [7, 11) is 0. The topological polar surface area (TPSA) is 94.2 Å². The fourth-order valence-electron chi connectivity index (χ4n) is 4.07. The van der Waals surface area contributed by atoms with Crippen LogP contribution in [0.5, 0.6) is 0 Å². The molecule has 4 heterocycles. The molecule has 6 rings (SSSR count). The maximum atomic E-state index is 13.4. The zero-order valence-corrected chi connectivity index (χ0v) is 23.6. The molecular formula is C25H32ClFN8S2. The molecule has 0 atom stereocenters. The van der Waals surface area contributed by atoms with E-state index >= 15 is 0 Å². The number of imidazole rings is 1. The molecule has 12 heteroatoms. The highest BCUT2D eigenvalue weighted by Gasteiger charge is 2.48. The van der Waals surface area contributed by atoms with E-state index in [-0.39, 0.29) is 6.67 Å². The van der Waals surface area contributed by atoms with Gasteiger partial charge in [0.15, 0.2) is 16.0 Å². The van der Waals surface area contributed by atoms with Gasteiger partial charge < -0.3 is 10.2 Å². The van der Waals surface area contributed by atoms with Crippen LogP contribution in [0.15, 0.2) is 17.2 Å². The zero-order chi connectivity index (χ0) is 26.0. The monoisotopic (exact) mass is 562 g/mol. The minimum absolute atomic E-state index is 0.372.